The van der Waals surface area contributed by atoms with Crippen molar-refractivity contribution in [2.75, 3.05) is 0 Å². The van der Waals surface area contributed by atoms with Crippen molar-refractivity contribution in [3.05, 3.63) is 138 Å². The van der Waals surface area contributed by atoms with Gasteiger partial charge in [-0.3, -0.25) is 4.57 Å². The fourth-order valence-electron chi connectivity index (χ4n) is 6.25. The molecule has 0 unspecified atom stereocenters. The third kappa shape index (κ3) is 6.60. The number of rotatable bonds is 5. The number of nitrogens with zero attached hydrogens (tertiary/aromatic N) is 2. The van der Waals surface area contributed by atoms with Crippen LogP contribution in [0.5, 0.6) is 5.75 Å². The Labute approximate surface area is 287 Å². The monoisotopic (exact) mass is 632 g/mol. The van der Waals surface area contributed by atoms with Crippen LogP contribution in [0, 0.1) is 0 Å². The van der Waals surface area contributed by atoms with E-state index in [0.29, 0.717) is 5.82 Å². The lowest BCUT2D eigenvalue weighted by atomic mass is 9.79. The normalized spacial score (nSPS) is 12.4. The Hall–Kier alpha value is -4.89. The maximum atomic E-state index is 12.1. The van der Waals surface area contributed by atoms with Gasteiger partial charge in [-0.2, -0.15) is 0 Å². The first-order valence-corrected chi connectivity index (χ1v) is 17.0. The molecule has 0 radical (unpaired) electrons. The fraction of sp³-hybridized carbons (Fsp3) is 0.267. The van der Waals surface area contributed by atoms with Crippen molar-refractivity contribution in [3.8, 4) is 56.3 Å². The highest BCUT2D eigenvalue weighted by molar-refractivity contribution is 5.80. The SMILES string of the molecule is CC(C)(C)c1ccc(-n2cc(-c3cccc(-c4ccccc4)c3)nc2-c2cc(C(C)(C)C)cc(C(C)(C)C)c2O)c(-c2ccccc2)c1. The molecular formula is C45H48N2O. The maximum Gasteiger partial charge on any atom is 0.149 e. The minimum atomic E-state index is -0.270. The highest BCUT2D eigenvalue weighted by Crippen LogP contribution is 2.44. The van der Waals surface area contributed by atoms with E-state index in [4.69, 9.17) is 4.98 Å². The van der Waals surface area contributed by atoms with E-state index >= 15 is 0 Å². The number of phenols is 1. The molecule has 0 spiro atoms. The molecule has 0 saturated heterocycles. The lowest BCUT2D eigenvalue weighted by molar-refractivity contribution is 0.446. The number of hydrogen-bond donors (Lipinski definition) is 1. The third-order valence-electron chi connectivity index (χ3n) is 9.20. The van der Waals surface area contributed by atoms with Gasteiger partial charge in [0.2, 0.25) is 0 Å². The lowest BCUT2D eigenvalue weighted by Crippen LogP contribution is -2.17. The topological polar surface area (TPSA) is 38.0 Å². The Morgan fingerprint density at radius 1 is 0.500 bits per heavy atom. The molecule has 0 aliphatic carbocycles. The summed E-state index contributed by atoms with van der Waals surface area (Å²) < 4.78 is 2.19. The van der Waals surface area contributed by atoms with Crippen LogP contribution in [0.1, 0.15) is 79.0 Å². The van der Waals surface area contributed by atoms with Crippen molar-refractivity contribution in [1.29, 1.82) is 0 Å². The Morgan fingerprint density at radius 2 is 1.06 bits per heavy atom. The van der Waals surface area contributed by atoms with Crippen molar-refractivity contribution in [2.45, 2.75) is 78.6 Å². The van der Waals surface area contributed by atoms with Gasteiger partial charge >= 0.3 is 0 Å². The van der Waals surface area contributed by atoms with Crippen LogP contribution in [-0.4, -0.2) is 14.7 Å². The number of phenolic OH excluding ortho intramolecular Hbond substituents is 1. The van der Waals surface area contributed by atoms with Crippen molar-refractivity contribution in [3.63, 3.8) is 0 Å². The van der Waals surface area contributed by atoms with Gasteiger partial charge in [0, 0.05) is 22.9 Å². The Kier molecular flexibility index (Phi) is 8.45. The lowest BCUT2D eigenvalue weighted by Gasteiger charge is -2.28. The molecule has 1 aromatic heterocycles. The number of hydrogen-bond acceptors (Lipinski definition) is 2. The van der Waals surface area contributed by atoms with Crippen molar-refractivity contribution >= 4 is 0 Å². The van der Waals surface area contributed by atoms with Crippen molar-refractivity contribution in [2.24, 2.45) is 0 Å². The van der Waals surface area contributed by atoms with E-state index in [1.54, 1.807) is 0 Å². The molecule has 1 N–H and O–H groups in total. The first-order valence-electron chi connectivity index (χ1n) is 17.0. The molecule has 0 bridgehead atoms. The summed E-state index contributed by atoms with van der Waals surface area (Å²) in [5.41, 5.74) is 11.1. The minimum absolute atomic E-state index is 0.0240. The predicted octanol–water partition coefficient (Wildman–Crippen LogP) is 12.1. The standard InChI is InChI=1S/C45H48N2O/c1-43(2,3)34-23-24-40(36(26-34)31-19-14-11-15-20-31)47-29-39(33-22-16-21-32(25-33)30-17-12-10-13-18-30)46-42(47)37-27-35(44(4,5)6)28-38(41(37)48)45(7,8)9/h10-29,48H,1-9H3. The molecule has 0 amide bonds. The molecule has 0 aliphatic rings. The van der Waals surface area contributed by atoms with Crippen LogP contribution in [0.3, 0.4) is 0 Å². The first kappa shape index (κ1) is 33.0. The molecule has 6 rings (SSSR count). The molecule has 48 heavy (non-hydrogen) atoms. The molecule has 6 aromatic rings. The van der Waals surface area contributed by atoms with E-state index in [-0.39, 0.29) is 22.0 Å². The largest absolute Gasteiger partial charge is 0.507 e. The van der Waals surface area contributed by atoms with Crippen molar-refractivity contribution in [1.82, 2.24) is 9.55 Å². The second-order valence-corrected chi connectivity index (χ2v) is 16.0. The van der Waals surface area contributed by atoms with Gasteiger partial charge in [0.1, 0.15) is 11.6 Å². The van der Waals surface area contributed by atoms with E-state index in [2.05, 4.69) is 182 Å². The van der Waals surface area contributed by atoms with Crippen LogP contribution < -0.4 is 0 Å². The van der Waals surface area contributed by atoms with Crippen LogP contribution in [0.4, 0.5) is 0 Å². The molecule has 244 valence electrons. The Bertz CT molecular complexity index is 2060. The van der Waals surface area contributed by atoms with E-state index < -0.39 is 0 Å². The average Bonchev–Trinajstić information content (AvgIpc) is 3.49. The first-order chi connectivity index (χ1) is 22.6. The molecule has 3 nitrogen and oxygen atoms in total. The number of imidazole rings is 1. The molecule has 0 atom stereocenters. The quantitative estimate of drug-likeness (QED) is 0.205. The van der Waals surface area contributed by atoms with Crippen LogP contribution in [0.2, 0.25) is 0 Å². The molecule has 3 heteroatoms. The van der Waals surface area contributed by atoms with Crippen LogP contribution >= 0.6 is 0 Å². The minimum Gasteiger partial charge on any atom is -0.507 e. The van der Waals surface area contributed by atoms with Crippen LogP contribution in [0.25, 0.3) is 50.6 Å². The molecule has 0 saturated carbocycles. The zero-order chi connectivity index (χ0) is 34.4. The maximum absolute atomic E-state index is 12.1. The Balaban J connectivity index is 1.68. The summed E-state index contributed by atoms with van der Waals surface area (Å²) in [5.74, 6) is 0.990. The molecule has 5 aromatic carbocycles. The highest BCUT2D eigenvalue weighted by Gasteiger charge is 2.28. The highest BCUT2D eigenvalue weighted by atomic mass is 16.3. The number of benzene rings is 5. The van der Waals surface area contributed by atoms with Gasteiger partial charge in [0.15, 0.2) is 0 Å². The molecule has 0 aliphatic heterocycles. The van der Waals surface area contributed by atoms with Gasteiger partial charge in [0.05, 0.1) is 16.9 Å². The predicted molar refractivity (Wildman–Crippen MR) is 203 cm³/mol. The van der Waals surface area contributed by atoms with Gasteiger partial charge in [0.25, 0.3) is 0 Å². The summed E-state index contributed by atoms with van der Waals surface area (Å²) in [5, 5.41) is 12.1. The van der Waals surface area contributed by atoms with E-state index in [9.17, 15) is 5.11 Å². The van der Waals surface area contributed by atoms with Gasteiger partial charge < -0.3 is 5.11 Å². The molecule has 1 heterocycles. The van der Waals surface area contributed by atoms with Crippen LogP contribution in [-0.2, 0) is 16.2 Å². The molecule has 0 fully saturated rings. The third-order valence-corrected chi connectivity index (χ3v) is 9.20. The fourth-order valence-corrected chi connectivity index (χ4v) is 6.25. The van der Waals surface area contributed by atoms with Crippen molar-refractivity contribution < 1.29 is 5.11 Å². The Morgan fingerprint density at radius 3 is 1.67 bits per heavy atom. The average molecular weight is 633 g/mol. The zero-order valence-electron chi connectivity index (χ0n) is 29.9. The summed E-state index contributed by atoms with van der Waals surface area (Å²) in [6.45, 7) is 19.9. The number of aromatic nitrogens is 2. The van der Waals surface area contributed by atoms with E-state index in [1.165, 1.54) is 5.56 Å². The second-order valence-electron chi connectivity index (χ2n) is 16.0. The van der Waals surface area contributed by atoms with Gasteiger partial charge in [-0.15, -0.1) is 0 Å². The van der Waals surface area contributed by atoms with Gasteiger partial charge in [-0.1, -0.05) is 153 Å². The summed E-state index contributed by atoms with van der Waals surface area (Å²) in [7, 11) is 0. The second kappa shape index (κ2) is 12.3. The van der Waals surface area contributed by atoms with Gasteiger partial charge in [-0.25, -0.2) is 4.98 Å². The van der Waals surface area contributed by atoms with E-state index in [0.717, 1.165) is 55.9 Å². The van der Waals surface area contributed by atoms with Crippen LogP contribution in [0.15, 0.2) is 121 Å². The summed E-state index contributed by atoms with van der Waals surface area (Å²) in [6, 6.07) is 40.7. The summed E-state index contributed by atoms with van der Waals surface area (Å²) in [6.07, 6.45) is 2.14. The number of aromatic hydroxyl groups is 1. The zero-order valence-corrected chi connectivity index (χ0v) is 29.9. The molecular weight excluding hydrogens is 585 g/mol. The summed E-state index contributed by atoms with van der Waals surface area (Å²) >= 11 is 0. The smallest absolute Gasteiger partial charge is 0.149 e. The van der Waals surface area contributed by atoms with E-state index in [1.807, 2.05) is 6.07 Å². The summed E-state index contributed by atoms with van der Waals surface area (Å²) in [4.78, 5) is 5.38. The van der Waals surface area contributed by atoms with Gasteiger partial charge in [-0.05, 0) is 68.3 Å².